The molecule has 1 atom stereocenters. The van der Waals surface area contributed by atoms with Gasteiger partial charge in [0.05, 0.1) is 6.61 Å². The molecule has 0 radical (unpaired) electrons. The third-order valence-electron chi connectivity index (χ3n) is 4.76. The van der Waals surface area contributed by atoms with Gasteiger partial charge in [0.15, 0.2) is 5.41 Å². The quantitative estimate of drug-likeness (QED) is 0.230. The van der Waals surface area contributed by atoms with Gasteiger partial charge in [-0.15, -0.1) is 0 Å². The van der Waals surface area contributed by atoms with Gasteiger partial charge in [0.2, 0.25) is 0 Å². The molecule has 0 fully saturated rings. The summed E-state index contributed by atoms with van der Waals surface area (Å²) in [7, 11) is 0. The number of hydrogen-bond donors (Lipinski definition) is 2. The van der Waals surface area contributed by atoms with Gasteiger partial charge in [-0.3, -0.25) is 14.4 Å². The van der Waals surface area contributed by atoms with E-state index < -0.39 is 29.7 Å². The Labute approximate surface area is 174 Å². The van der Waals surface area contributed by atoms with Crippen molar-refractivity contribution in [3.05, 3.63) is 34.9 Å². The molecular formula is C23H36O6. The minimum absolute atomic E-state index is 0.0421. The van der Waals surface area contributed by atoms with Crippen LogP contribution in [0.15, 0.2) is 34.9 Å². The third kappa shape index (κ3) is 10.7. The average molecular weight is 409 g/mol. The van der Waals surface area contributed by atoms with Crippen LogP contribution in [0.3, 0.4) is 0 Å². The maximum absolute atomic E-state index is 12.3. The highest BCUT2D eigenvalue weighted by Crippen LogP contribution is 2.32. The van der Waals surface area contributed by atoms with Crippen LogP contribution in [0, 0.1) is 5.41 Å². The predicted octanol–water partition coefficient (Wildman–Crippen LogP) is 5.29. The van der Waals surface area contributed by atoms with E-state index in [0.29, 0.717) is 0 Å². The smallest absolute Gasteiger partial charge is 0.323 e. The number of esters is 1. The van der Waals surface area contributed by atoms with Crippen molar-refractivity contribution in [1.82, 2.24) is 0 Å². The molecule has 0 spiro atoms. The zero-order valence-electron chi connectivity index (χ0n) is 18.4. The first-order valence-electron chi connectivity index (χ1n) is 10.1. The number of carbonyl (C=O) groups is 3. The van der Waals surface area contributed by atoms with Gasteiger partial charge in [-0.25, -0.2) is 0 Å². The van der Waals surface area contributed by atoms with E-state index in [0.717, 1.165) is 31.3 Å². The molecular weight excluding hydrogens is 372 g/mol. The number of rotatable bonds is 14. The summed E-state index contributed by atoms with van der Waals surface area (Å²) in [4.78, 5) is 35.2. The number of carboxylic acid groups (broad SMARTS) is 2. The Kier molecular flexibility index (Phi) is 12.6. The molecule has 0 rings (SSSR count). The lowest BCUT2D eigenvalue weighted by Crippen LogP contribution is -2.41. The monoisotopic (exact) mass is 408 g/mol. The van der Waals surface area contributed by atoms with Crippen LogP contribution in [0.2, 0.25) is 0 Å². The lowest BCUT2D eigenvalue weighted by molar-refractivity contribution is -0.169. The van der Waals surface area contributed by atoms with Crippen molar-refractivity contribution in [2.45, 2.75) is 79.6 Å². The Morgan fingerprint density at radius 1 is 0.862 bits per heavy atom. The summed E-state index contributed by atoms with van der Waals surface area (Å²) in [6, 6.07) is 0. The van der Waals surface area contributed by atoms with Crippen molar-refractivity contribution in [3.63, 3.8) is 0 Å². The Bertz CT molecular complexity index is 652. The van der Waals surface area contributed by atoms with Gasteiger partial charge in [-0.2, -0.15) is 0 Å². The first kappa shape index (κ1) is 26.6. The van der Waals surface area contributed by atoms with Crippen LogP contribution in [-0.2, 0) is 19.1 Å². The van der Waals surface area contributed by atoms with Crippen LogP contribution in [0.25, 0.3) is 0 Å². The minimum Gasteiger partial charge on any atom is -0.481 e. The Balaban J connectivity index is 5.07. The van der Waals surface area contributed by atoms with Crippen LogP contribution in [0.4, 0.5) is 0 Å². The van der Waals surface area contributed by atoms with Crippen LogP contribution >= 0.6 is 0 Å². The fourth-order valence-corrected chi connectivity index (χ4v) is 2.85. The molecule has 164 valence electrons. The van der Waals surface area contributed by atoms with Crippen molar-refractivity contribution in [3.8, 4) is 0 Å². The SMILES string of the molecule is CCOC(=O)C(C/C=C(\C)CC/C=C(\C)CCC=C(C)C)(CCC(=O)O)C(=O)O. The first-order chi connectivity index (χ1) is 13.5. The second kappa shape index (κ2) is 13.7. The summed E-state index contributed by atoms with van der Waals surface area (Å²) in [5, 5.41) is 18.6. The van der Waals surface area contributed by atoms with Crippen LogP contribution in [0.1, 0.15) is 79.6 Å². The van der Waals surface area contributed by atoms with E-state index in [1.54, 1.807) is 13.0 Å². The van der Waals surface area contributed by atoms with Crippen molar-refractivity contribution in [2.24, 2.45) is 5.41 Å². The fraction of sp³-hybridized carbons (Fsp3) is 0.609. The zero-order chi connectivity index (χ0) is 22.4. The van der Waals surface area contributed by atoms with Gasteiger partial charge in [0.1, 0.15) is 0 Å². The van der Waals surface area contributed by atoms with E-state index in [2.05, 4.69) is 32.9 Å². The van der Waals surface area contributed by atoms with Crippen molar-refractivity contribution < 1.29 is 29.3 Å². The summed E-state index contributed by atoms with van der Waals surface area (Å²) in [5.74, 6) is -3.38. The first-order valence-corrected chi connectivity index (χ1v) is 10.1. The number of carbonyl (C=O) groups excluding carboxylic acids is 1. The van der Waals surface area contributed by atoms with Gasteiger partial charge in [-0.05, 0) is 73.1 Å². The molecule has 0 aliphatic rings. The maximum atomic E-state index is 12.3. The lowest BCUT2D eigenvalue weighted by Gasteiger charge is -2.25. The highest BCUT2D eigenvalue weighted by molar-refractivity contribution is 5.99. The molecule has 0 aliphatic heterocycles. The molecule has 0 aromatic heterocycles. The summed E-state index contributed by atoms with van der Waals surface area (Å²) >= 11 is 0. The molecule has 0 aliphatic carbocycles. The summed E-state index contributed by atoms with van der Waals surface area (Å²) in [6.07, 6.45) is 8.92. The standard InChI is InChI=1S/C23H36O6/c1-6-29-22(28)23(21(26)27,16-14-20(24)25)15-13-19(5)12-8-11-18(4)10-7-9-17(2)3/h9,11,13H,6-8,10,12,14-16H2,1-5H3,(H,24,25)(H,26,27)/b18-11+,19-13+. The minimum atomic E-state index is -1.87. The molecule has 0 saturated carbocycles. The number of aliphatic carboxylic acids is 2. The zero-order valence-corrected chi connectivity index (χ0v) is 18.4. The lowest BCUT2D eigenvalue weighted by atomic mass is 9.79. The fourth-order valence-electron chi connectivity index (χ4n) is 2.85. The number of carboxylic acids is 2. The van der Waals surface area contributed by atoms with Crippen molar-refractivity contribution in [2.75, 3.05) is 6.61 Å². The average Bonchev–Trinajstić information content (AvgIpc) is 2.61. The van der Waals surface area contributed by atoms with Gasteiger partial charge in [0.25, 0.3) is 0 Å². The normalized spacial score (nSPS) is 14.1. The van der Waals surface area contributed by atoms with Gasteiger partial charge >= 0.3 is 17.9 Å². The van der Waals surface area contributed by atoms with E-state index in [4.69, 9.17) is 9.84 Å². The summed E-state index contributed by atoms with van der Waals surface area (Å²) < 4.78 is 4.94. The van der Waals surface area contributed by atoms with Crippen molar-refractivity contribution in [1.29, 1.82) is 0 Å². The molecule has 6 nitrogen and oxygen atoms in total. The number of allylic oxidation sites excluding steroid dienone is 6. The van der Waals surface area contributed by atoms with Gasteiger partial charge in [-0.1, -0.05) is 34.9 Å². The van der Waals surface area contributed by atoms with Gasteiger partial charge < -0.3 is 14.9 Å². The molecule has 0 heterocycles. The Morgan fingerprint density at radius 2 is 1.41 bits per heavy atom. The molecule has 2 N–H and O–H groups in total. The van der Waals surface area contributed by atoms with Crippen LogP contribution in [-0.4, -0.2) is 34.7 Å². The topological polar surface area (TPSA) is 101 Å². The molecule has 0 aromatic rings. The molecule has 29 heavy (non-hydrogen) atoms. The van der Waals surface area contributed by atoms with E-state index in [-0.39, 0.29) is 19.4 Å². The van der Waals surface area contributed by atoms with Crippen molar-refractivity contribution >= 4 is 17.9 Å². The van der Waals surface area contributed by atoms with E-state index in [1.807, 2.05) is 6.92 Å². The molecule has 0 bridgehead atoms. The Morgan fingerprint density at radius 3 is 1.90 bits per heavy atom. The van der Waals surface area contributed by atoms with E-state index in [1.165, 1.54) is 11.1 Å². The molecule has 6 heteroatoms. The largest absolute Gasteiger partial charge is 0.481 e. The summed E-state index contributed by atoms with van der Waals surface area (Å²) in [5.41, 5.74) is 1.71. The van der Waals surface area contributed by atoms with E-state index in [9.17, 15) is 19.5 Å². The van der Waals surface area contributed by atoms with Gasteiger partial charge in [0, 0.05) is 6.42 Å². The third-order valence-corrected chi connectivity index (χ3v) is 4.76. The summed E-state index contributed by atoms with van der Waals surface area (Å²) in [6.45, 7) is 9.78. The second-order valence-corrected chi connectivity index (χ2v) is 7.67. The number of hydrogen-bond acceptors (Lipinski definition) is 4. The highest BCUT2D eigenvalue weighted by Gasteiger charge is 2.46. The molecule has 0 amide bonds. The molecule has 0 aromatic carbocycles. The maximum Gasteiger partial charge on any atom is 0.323 e. The van der Waals surface area contributed by atoms with E-state index >= 15 is 0 Å². The van der Waals surface area contributed by atoms with Crippen LogP contribution in [0.5, 0.6) is 0 Å². The Hall–Kier alpha value is -2.37. The second-order valence-electron chi connectivity index (χ2n) is 7.67. The molecule has 1 unspecified atom stereocenters. The highest BCUT2D eigenvalue weighted by atomic mass is 16.5. The van der Waals surface area contributed by atoms with Crippen LogP contribution < -0.4 is 0 Å². The molecule has 0 saturated heterocycles. The predicted molar refractivity (Wildman–Crippen MR) is 114 cm³/mol. The number of ether oxygens (including phenoxy) is 1.